The van der Waals surface area contributed by atoms with Crippen molar-refractivity contribution in [2.24, 2.45) is 0 Å². The summed E-state index contributed by atoms with van der Waals surface area (Å²) in [7, 11) is 0. The van der Waals surface area contributed by atoms with Crippen molar-refractivity contribution < 1.29 is 21.5 Å². The largest absolute Gasteiger partial charge is 1.00 e. The summed E-state index contributed by atoms with van der Waals surface area (Å²) in [4.78, 5) is 0. The standard InChI is InChI=1S/C17H22N.BrH/c1-2-13-18(14-7-4-8-15-18)16-9-12-17-10-5-3-6-11-17;/h2-3,5-6,10-11H,1,4,7-8,13-16H2;1H/q+1;/p-1. The van der Waals surface area contributed by atoms with Crippen molar-refractivity contribution in [3.05, 3.63) is 48.6 Å². The Morgan fingerprint density at radius 3 is 2.42 bits per heavy atom. The molecule has 0 spiro atoms. The van der Waals surface area contributed by atoms with Crippen molar-refractivity contribution in [1.82, 2.24) is 0 Å². The van der Waals surface area contributed by atoms with Gasteiger partial charge in [-0.3, -0.25) is 0 Å². The smallest absolute Gasteiger partial charge is 0.141 e. The fourth-order valence-corrected chi connectivity index (χ4v) is 2.69. The third kappa shape index (κ3) is 4.86. The van der Waals surface area contributed by atoms with Gasteiger partial charge in [-0.2, -0.15) is 0 Å². The van der Waals surface area contributed by atoms with Crippen LogP contribution in [0.1, 0.15) is 24.8 Å². The normalized spacial score (nSPS) is 16.6. The molecule has 0 aromatic heterocycles. The van der Waals surface area contributed by atoms with Gasteiger partial charge in [0.25, 0.3) is 0 Å². The summed E-state index contributed by atoms with van der Waals surface area (Å²) in [6.07, 6.45) is 6.10. The van der Waals surface area contributed by atoms with Gasteiger partial charge in [-0.25, -0.2) is 0 Å². The molecule has 0 atom stereocenters. The predicted molar refractivity (Wildman–Crippen MR) is 77.1 cm³/mol. The molecule has 19 heavy (non-hydrogen) atoms. The van der Waals surface area contributed by atoms with Gasteiger partial charge >= 0.3 is 0 Å². The van der Waals surface area contributed by atoms with E-state index in [0.717, 1.165) is 23.1 Å². The fourth-order valence-electron chi connectivity index (χ4n) is 2.69. The van der Waals surface area contributed by atoms with E-state index < -0.39 is 0 Å². The van der Waals surface area contributed by atoms with Crippen molar-refractivity contribution in [3.63, 3.8) is 0 Å². The van der Waals surface area contributed by atoms with Crippen molar-refractivity contribution in [2.45, 2.75) is 19.3 Å². The van der Waals surface area contributed by atoms with Crippen LogP contribution in [-0.2, 0) is 0 Å². The van der Waals surface area contributed by atoms with Crippen LogP contribution >= 0.6 is 0 Å². The van der Waals surface area contributed by atoms with E-state index in [1.807, 2.05) is 18.2 Å². The fraction of sp³-hybridized carbons (Fsp3) is 0.412. The van der Waals surface area contributed by atoms with E-state index in [4.69, 9.17) is 0 Å². The van der Waals surface area contributed by atoms with Gasteiger partial charge in [0.2, 0.25) is 0 Å². The van der Waals surface area contributed by atoms with Crippen molar-refractivity contribution in [3.8, 4) is 11.8 Å². The molecule has 0 aliphatic carbocycles. The quantitative estimate of drug-likeness (QED) is 0.425. The third-order valence-corrected chi connectivity index (χ3v) is 3.70. The van der Waals surface area contributed by atoms with Crippen LogP contribution in [0.3, 0.4) is 0 Å². The van der Waals surface area contributed by atoms with Gasteiger partial charge in [0.15, 0.2) is 0 Å². The Balaban J connectivity index is 0.00000180. The average Bonchev–Trinajstić information content (AvgIpc) is 2.41. The van der Waals surface area contributed by atoms with E-state index in [1.54, 1.807) is 0 Å². The van der Waals surface area contributed by atoms with E-state index in [9.17, 15) is 0 Å². The minimum Gasteiger partial charge on any atom is -1.00 e. The maximum absolute atomic E-state index is 3.90. The van der Waals surface area contributed by atoms with Crippen LogP contribution in [0.2, 0.25) is 0 Å². The Morgan fingerprint density at radius 2 is 1.79 bits per heavy atom. The van der Waals surface area contributed by atoms with Crippen molar-refractivity contribution in [2.75, 3.05) is 26.2 Å². The summed E-state index contributed by atoms with van der Waals surface area (Å²) in [5, 5.41) is 0. The van der Waals surface area contributed by atoms with E-state index in [2.05, 4.69) is 36.6 Å². The summed E-state index contributed by atoms with van der Waals surface area (Å²) in [6, 6.07) is 10.3. The van der Waals surface area contributed by atoms with Crippen LogP contribution in [0.5, 0.6) is 0 Å². The lowest BCUT2D eigenvalue weighted by Gasteiger charge is -2.39. The summed E-state index contributed by atoms with van der Waals surface area (Å²) in [5.74, 6) is 6.65. The highest BCUT2D eigenvalue weighted by Crippen LogP contribution is 2.18. The molecule has 0 bridgehead atoms. The van der Waals surface area contributed by atoms with Crippen LogP contribution in [0.4, 0.5) is 0 Å². The third-order valence-electron chi connectivity index (χ3n) is 3.70. The molecule has 1 aromatic rings. The first kappa shape index (κ1) is 16.0. The topological polar surface area (TPSA) is 0 Å². The minimum absolute atomic E-state index is 0. The Labute approximate surface area is 127 Å². The van der Waals surface area contributed by atoms with Gasteiger partial charge in [-0.15, -0.1) is 0 Å². The van der Waals surface area contributed by atoms with Crippen LogP contribution in [0.15, 0.2) is 43.0 Å². The molecule has 1 aromatic carbocycles. The van der Waals surface area contributed by atoms with Gasteiger partial charge in [0.05, 0.1) is 19.6 Å². The maximum Gasteiger partial charge on any atom is 0.141 e. The first-order chi connectivity index (χ1) is 8.85. The van der Waals surface area contributed by atoms with E-state index >= 15 is 0 Å². The first-order valence-corrected chi connectivity index (χ1v) is 6.85. The maximum atomic E-state index is 3.90. The number of quaternary nitrogens is 1. The van der Waals surface area contributed by atoms with Crippen LogP contribution in [-0.4, -0.2) is 30.7 Å². The molecule has 0 amide bonds. The van der Waals surface area contributed by atoms with Crippen LogP contribution in [0.25, 0.3) is 0 Å². The Morgan fingerprint density at radius 1 is 1.11 bits per heavy atom. The second-order valence-corrected chi connectivity index (χ2v) is 5.15. The van der Waals surface area contributed by atoms with Crippen molar-refractivity contribution in [1.29, 1.82) is 0 Å². The van der Waals surface area contributed by atoms with E-state index in [1.165, 1.54) is 32.4 Å². The highest BCUT2D eigenvalue weighted by Gasteiger charge is 2.27. The minimum atomic E-state index is 0. The molecular formula is C17H22BrN. The highest BCUT2D eigenvalue weighted by atomic mass is 79.9. The molecular weight excluding hydrogens is 298 g/mol. The Bertz CT molecular complexity index is 435. The summed E-state index contributed by atoms with van der Waals surface area (Å²) in [6.45, 7) is 8.44. The van der Waals surface area contributed by atoms with Gasteiger partial charge in [-0.05, 0) is 43.4 Å². The number of hydrogen-bond donors (Lipinski definition) is 0. The van der Waals surface area contributed by atoms with Crippen LogP contribution < -0.4 is 17.0 Å². The lowest BCUT2D eigenvalue weighted by atomic mass is 10.1. The molecule has 0 radical (unpaired) electrons. The number of benzene rings is 1. The number of hydrogen-bond acceptors (Lipinski definition) is 0. The first-order valence-electron chi connectivity index (χ1n) is 6.85. The molecule has 1 saturated heterocycles. The lowest BCUT2D eigenvalue weighted by molar-refractivity contribution is -0.920. The number of likely N-dealkylation sites (tertiary alicyclic amines) is 1. The number of rotatable bonds is 3. The van der Waals surface area contributed by atoms with Gasteiger partial charge < -0.3 is 21.5 Å². The molecule has 2 rings (SSSR count). The second kappa shape index (κ2) is 8.19. The molecule has 1 heterocycles. The zero-order valence-corrected chi connectivity index (χ0v) is 13.0. The molecule has 0 unspecified atom stereocenters. The predicted octanol–water partition coefficient (Wildman–Crippen LogP) is 0.229. The summed E-state index contributed by atoms with van der Waals surface area (Å²) >= 11 is 0. The molecule has 0 N–H and O–H groups in total. The second-order valence-electron chi connectivity index (χ2n) is 5.15. The lowest BCUT2D eigenvalue weighted by Crippen LogP contribution is -3.00. The molecule has 1 nitrogen and oxygen atoms in total. The molecule has 1 fully saturated rings. The van der Waals surface area contributed by atoms with Gasteiger partial charge in [0, 0.05) is 5.56 Å². The van der Waals surface area contributed by atoms with Gasteiger partial charge in [-0.1, -0.05) is 30.7 Å². The Kier molecular flexibility index (Phi) is 6.91. The summed E-state index contributed by atoms with van der Waals surface area (Å²) < 4.78 is 1.11. The SMILES string of the molecule is C=CC[N+]1(CC#Cc2ccccc2)CCCCC1.[Br-]. The molecule has 1 aliphatic heterocycles. The molecule has 0 saturated carbocycles. The molecule has 102 valence electrons. The average molecular weight is 320 g/mol. The molecule has 2 heteroatoms. The molecule has 1 aliphatic rings. The van der Waals surface area contributed by atoms with E-state index in [-0.39, 0.29) is 17.0 Å². The number of nitrogens with zero attached hydrogens (tertiary/aromatic N) is 1. The zero-order chi connectivity index (χ0) is 12.7. The Hall–Kier alpha value is -1.04. The van der Waals surface area contributed by atoms with Crippen LogP contribution in [0, 0.1) is 11.8 Å². The van der Waals surface area contributed by atoms with Crippen molar-refractivity contribution >= 4 is 0 Å². The van der Waals surface area contributed by atoms with E-state index in [0.29, 0.717) is 0 Å². The number of piperidine rings is 1. The number of halogens is 1. The monoisotopic (exact) mass is 319 g/mol. The summed E-state index contributed by atoms with van der Waals surface area (Å²) in [5.41, 5.74) is 1.12. The van der Waals surface area contributed by atoms with Gasteiger partial charge in [0.1, 0.15) is 6.54 Å². The zero-order valence-electron chi connectivity index (χ0n) is 11.4. The highest BCUT2D eigenvalue weighted by molar-refractivity contribution is 5.33.